The van der Waals surface area contributed by atoms with E-state index in [0.29, 0.717) is 5.56 Å². The second-order valence-electron chi connectivity index (χ2n) is 10.7. The number of carbonyl (C=O) groups excluding carboxylic acids is 1. The van der Waals surface area contributed by atoms with Crippen LogP contribution in [-0.2, 0) is 26.5 Å². The second kappa shape index (κ2) is 6.68. The Balaban J connectivity index is 1.70. The minimum Gasteiger partial charge on any atom is -0.457 e. The normalized spacial score (nSPS) is 27.0. The van der Waals surface area contributed by atoms with Gasteiger partial charge in [0.2, 0.25) is 0 Å². The van der Waals surface area contributed by atoms with Gasteiger partial charge in [-0.2, -0.15) is 0 Å². The zero-order valence-electron chi connectivity index (χ0n) is 20.7. The Morgan fingerprint density at radius 1 is 1.00 bits per heavy atom. The highest BCUT2D eigenvalue weighted by molar-refractivity contribution is 6.30. The maximum atomic E-state index is 13.3. The number of carbonyl (C=O) groups is 1. The fourth-order valence-electron chi connectivity index (χ4n) is 7.41. The van der Waals surface area contributed by atoms with Gasteiger partial charge in [-0.1, -0.05) is 36.4 Å². The van der Waals surface area contributed by atoms with Crippen LogP contribution < -0.4 is 0 Å². The lowest BCUT2D eigenvalue weighted by molar-refractivity contribution is -0.266. The Kier molecular flexibility index (Phi) is 3.85. The lowest BCUT2D eigenvalue weighted by Crippen LogP contribution is -2.59. The molecular weight excluding hydrogens is 454 g/mol. The summed E-state index contributed by atoms with van der Waals surface area (Å²) in [6.45, 7) is 2.44. The zero-order chi connectivity index (χ0) is 24.5. The molecule has 2 aromatic heterocycles. The Labute approximate surface area is 207 Å². The van der Waals surface area contributed by atoms with Crippen molar-refractivity contribution in [2.75, 3.05) is 21.2 Å². The Bertz CT molecular complexity index is 1780. The average molecular weight is 482 g/mol. The molecule has 5 aromatic rings. The number of likely N-dealkylation sites (N-methyl/N-ethyl adjacent to an activating group) is 1. The molecule has 0 amide bonds. The number of aromatic nitrogens is 2. The third kappa shape index (κ3) is 2.19. The molecular formula is C29H27N3O4. The van der Waals surface area contributed by atoms with E-state index in [0.717, 1.165) is 55.6 Å². The lowest BCUT2D eigenvalue weighted by atomic mass is 9.92. The first kappa shape index (κ1) is 20.8. The van der Waals surface area contributed by atoms with Crippen LogP contribution in [0.1, 0.15) is 35.5 Å². The van der Waals surface area contributed by atoms with Gasteiger partial charge in [-0.3, -0.25) is 0 Å². The van der Waals surface area contributed by atoms with Crippen LogP contribution in [0.4, 0.5) is 0 Å². The summed E-state index contributed by atoms with van der Waals surface area (Å²) in [5, 5.41) is 4.21. The van der Waals surface area contributed by atoms with Gasteiger partial charge < -0.3 is 28.2 Å². The van der Waals surface area contributed by atoms with Crippen molar-refractivity contribution in [2.24, 2.45) is 0 Å². The van der Waals surface area contributed by atoms with Gasteiger partial charge in [0, 0.05) is 46.7 Å². The maximum Gasteiger partial charge on any atom is 0.339 e. The molecule has 8 rings (SSSR count). The van der Waals surface area contributed by atoms with Crippen LogP contribution in [0.2, 0.25) is 0 Å². The fourth-order valence-corrected chi connectivity index (χ4v) is 7.41. The SMILES string of the molecule is CO[C@@H]1[C@H](N(C)C)CC2O[C@]1(C)n1c3ccccc3c3c4c(c5c6ccccc6n2c5c31)C(=O)OC4. The summed E-state index contributed by atoms with van der Waals surface area (Å²) in [6.07, 6.45) is 0.328. The van der Waals surface area contributed by atoms with Crippen LogP contribution in [0.3, 0.4) is 0 Å². The molecule has 1 fully saturated rings. The molecule has 0 N–H and O–H groups in total. The topological polar surface area (TPSA) is 57.9 Å². The Hall–Kier alpha value is -3.39. The Morgan fingerprint density at radius 3 is 2.42 bits per heavy atom. The van der Waals surface area contributed by atoms with Gasteiger partial charge in [-0.25, -0.2) is 4.79 Å². The molecule has 1 saturated heterocycles. The number of ether oxygens (including phenoxy) is 3. The van der Waals surface area contributed by atoms with Crippen LogP contribution in [0.15, 0.2) is 48.5 Å². The van der Waals surface area contributed by atoms with Gasteiger partial charge in [-0.15, -0.1) is 0 Å². The molecule has 7 heteroatoms. The van der Waals surface area contributed by atoms with E-state index in [-0.39, 0.29) is 30.9 Å². The van der Waals surface area contributed by atoms with Crippen LogP contribution in [0.5, 0.6) is 0 Å². The molecule has 182 valence electrons. The van der Waals surface area contributed by atoms with Crippen LogP contribution in [-0.4, -0.2) is 53.4 Å². The number of benzene rings is 3. The highest BCUT2D eigenvalue weighted by atomic mass is 16.6. The number of fused-ring (bicyclic) bond motifs is 13. The molecule has 0 radical (unpaired) electrons. The van der Waals surface area contributed by atoms with E-state index in [1.165, 1.54) is 0 Å². The maximum absolute atomic E-state index is 13.3. The summed E-state index contributed by atoms with van der Waals surface area (Å²) in [4.78, 5) is 15.5. The lowest BCUT2D eigenvalue weighted by Gasteiger charge is -2.50. The molecule has 7 nitrogen and oxygen atoms in total. The Morgan fingerprint density at radius 2 is 1.69 bits per heavy atom. The summed E-state index contributed by atoms with van der Waals surface area (Å²) in [5.74, 6) is -0.244. The van der Waals surface area contributed by atoms with E-state index >= 15 is 0 Å². The van der Waals surface area contributed by atoms with Crippen LogP contribution in [0.25, 0.3) is 43.6 Å². The van der Waals surface area contributed by atoms with E-state index in [1.54, 1.807) is 7.11 Å². The van der Waals surface area contributed by atoms with Gasteiger partial charge in [-0.05, 0) is 33.2 Å². The minimum atomic E-state index is -0.779. The standard InChI is InChI=1S/C29H27N3O4/c1-29-27(34-4)20(30(2)3)13-21(36-29)31-18-11-7-5-9-15(18)23-24-17(14-35-28(24)33)22-16-10-6-8-12-19(16)32(29)26(22)25(23)31/h5-12,20-21,27H,13-14H2,1-4H3/t20-,21?,27-,29+/m1/s1. The number of esters is 1. The zero-order valence-corrected chi connectivity index (χ0v) is 20.7. The quantitative estimate of drug-likeness (QED) is 0.328. The minimum absolute atomic E-state index is 0.122. The third-order valence-corrected chi connectivity index (χ3v) is 8.76. The third-order valence-electron chi connectivity index (χ3n) is 8.76. The van der Waals surface area contributed by atoms with Crippen molar-refractivity contribution < 1.29 is 19.0 Å². The van der Waals surface area contributed by atoms with Crippen molar-refractivity contribution in [1.82, 2.24) is 14.0 Å². The molecule has 0 aliphatic carbocycles. The molecule has 0 saturated carbocycles. The number of cyclic esters (lactones) is 1. The molecule has 4 atom stereocenters. The van der Waals surface area contributed by atoms with E-state index in [2.05, 4.69) is 77.5 Å². The van der Waals surface area contributed by atoms with Crippen LogP contribution in [0, 0.1) is 0 Å². The van der Waals surface area contributed by atoms with Gasteiger partial charge in [0.1, 0.15) is 18.9 Å². The summed E-state index contributed by atoms with van der Waals surface area (Å²) in [7, 11) is 6.01. The first-order chi connectivity index (χ1) is 17.5. The number of hydrogen-bond donors (Lipinski definition) is 0. The first-order valence-corrected chi connectivity index (χ1v) is 12.5. The highest BCUT2D eigenvalue weighted by Gasteiger charge is 2.54. The molecule has 3 aromatic carbocycles. The van der Waals surface area contributed by atoms with Crippen molar-refractivity contribution in [3.8, 4) is 0 Å². The van der Waals surface area contributed by atoms with Crippen molar-refractivity contribution in [3.05, 3.63) is 59.7 Å². The first-order valence-electron chi connectivity index (χ1n) is 12.5. The molecule has 3 aliphatic heterocycles. The molecule has 1 unspecified atom stereocenters. The summed E-state index contributed by atoms with van der Waals surface area (Å²) >= 11 is 0. The van der Waals surface area contributed by atoms with Crippen molar-refractivity contribution in [1.29, 1.82) is 0 Å². The van der Waals surface area contributed by atoms with E-state index in [4.69, 9.17) is 14.2 Å². The van der Waals surface area contributed by atoms with Gasteiger partial charge >= 0.3 is 5.97 Å². The van der Waals surface area contributed by atoms with E-state index in [1.807, 2.05) is 6.07 Å². The summed E-state index contributed by atoms with van der Waals surface area (Å²) < 4.78 is 23.8. The smallest absolute Gasteiger partial charge is 0.339 e. The van der Waals surface area contributed by atoms with Crippen molar-refractivity contribution >= 4 is 49.6 Å². The largest absolute Gasteiger partial charge is 0.457 e. The second-order valence-corrected chi connectivity index (χ2v) is 10.7. The van der Waals surface area contributed by atoms with E-state index in [9.17, 15) is 4.79 Å². The molecule has 36 heavy (non-hydrogen) atoms. The predicted molar refractivity (Wildman–Crippen MR) is 138 cm³/mol. The summed E-state index contributed by atoms with van der Waals surface area (Å²) in [5.41, 5.74) is 5.17. The van der Waals surface area contributed by atoms with Crippen molar-refractivity contribution in [3.63, 3.8) is 0 Å². The van der Waals surface area contributed by atoms with Gasteiger partial charge in [0.25, 0.3) is 0 Å². The van der Waals surface area contributed by atoms with Crippen LogP contribution >= 0.6 is 0 Å². The highest BCUT2D eigenvalue weighted by Crippen LogP contribution is 2.54. The van der Waals surface area contributed by atoms with E-state index < -0.39 is 5.72 Å². The summed E-state index contributed by atoms with van der Waals surface area (Å²) in [6, 6.07) is 16.9. The monoisotopic (exact) mass is 481 g/mol. The number of nitrogens with zero attached hydrogens (tertiary/aromatic N) is 3. The number of methoxy groups -OCH3 is 1. The molecule has 5 heterocycles. The average Bonchev–Trinajstić information content (AvgIpc) is 3.51. The number of rotatable bonds is 2. The number of para-hydroxylation sites is 2. The van der Waals surface area contributed by atoms with Gasteiger partial charge in [0.05, 0.1) is 27.6 Å². The van der Waals surface area contributed by atoms with Crippen molar-refractivity contribution in [2.45, 2.75) is 44.1 Å². The van der Waals surface area contributed by atoms with Gasteiger partial charge in [0.15, 0.2) is 5.72 Å². The molecule has 3 aliphatic rings. The molecule has 0 spiro atoms. The molecule has 2 bridgehead atoms. The fraction of sp³-hybridized carbons (Fsp3) is 0.345. The predicted octanol–water partition coefficient (Wildman–Crippen LogP) is 5.12. The number of hydrogen-bond acceptors (Lipinski definition) is 5.